The number of pyridine rings is 1. The lowest BCUT2D eigenvalue weighted by molar-refractivity contribution is 0.307. The molecule has 0 radical (unpaired) electrons. The number of nitrogens with zero attached hydrogens (tertiary/aromatic N) is 2. The Bertz CT molecular complexity index is 1530. The number of ether oxygens (including phenoxy) is 2. The summed E-state index contributed by atoms with van der Waals surface area (Å²) in [5, 5.41) is 3.69. The van der Waals surface area contributed by atoms with E-state index >= 15 is 0 Å². The smallest absolute Gasteiger partial charge is 0.279 e. The van der Waals surface area contributed by atoms with Gasteiger partial charge in [-0.25, -0.2) is 13.5 Å². The van der Waals surface area contributed by atoms with Crippen molar-refractivity contribution in [2.24, 2.45) is 0 Å². The minimum absolute atomic E-state index is 0.172. The van der Waals surface area contributed by atoms with E-state index < -0.39 is 11.6 Å². The molecule has 3 aromatic carbocycles. The van der Waals surface area contributed by atoms with Crippen molar-refractivity contribution in [3.05, 3.63) is 107 Å². The number of aromatic nitrogens is 3. The van der Waals surface area contributed by atoms with Crippen molar-refractivity contribution >= 4 is 10.9 Å². The fourth-order valence-electron chi connectivity index (χ4n) is 3.80. The zero-order valence-electron chi connectivity index (χ0n) is 18.1. The van der Waals surface area contributed by atoms with Gasteiger partial charge < -0.3 is 9.47 Å². The van der Waals surface area contributed by atoms with Gasteiger partial charge in [-0.15, -0.1) is 0 Å². The average molecular weight is 459 g/mol. The van der Waals surface area contributed by atoms with Crippen LogP contribution in [0.4, 0.5) is 8.78 Å². The van der Waals surface area contributed by atoms with Crippen LogP contribution in [0.3, 0.4) is 0 Å². The fraction of sp³-hybridized carbons (Fsp3) is 0.0769. The van der Waals surface area contributed by atoms with Gasteiger partial charge in [-0.1, -0.05) is 24.3 Å². The van der Waals surface area contributed by atoms with Crippen LogP contribution >= 0.6 is 0 Å². The van der Waals surface area contributed by atoms with E-state index in [0.717, 1.165) is 17.7 Å². The molecule has 0 aliphatic rings. The van der Waals surface area contributed by atoms with Crippen LogP contribution in [0.1, 0.15) is 5.56 Å². The van der Waals surface area contributed by atoms with Gasteiger partial charge in [0.2, 0.25) is 0 Å². The van der Waals surface area contributed by atoms with E-state index in [9.17, 15) is 13.6 Å². The van der Waals surface area contributed by atoms with Gasteiger partial charge in [0.05, 0.1) is 29.9 Å². The Hall–Kier alpha value is -4.46. The van der Waals surface area contributed by atoms with Gasteiger partial charge in [-0.05, 0) is 42.0 Å². The molecule has 1 N–H and O–H groups in total. The van der Waals surface area contributed by atoms with Gasteiger partial charge in [-0.3, -0.25) is 14.9 Å². The molecular formula is C26H19F2N3O3. The third kappa shape index (κ3) is 3.90. The Labute approximate surface area is 193 Å². The van der Waals surface area contributed by atoms with E-state index in [1.807, 2.05) is 12.1 Å². The second-order valence-corrected chi connectivity index (χ2v) is 7.58. The quantitative estimate of drug-likeness (QED) is 0.377. The molecule has 34 heavy (non-hydrogen) atoms. The molecular weight excluding hydrogens is 440 g/mol. The summed E-state index contributed by atoms with van der Waals surface area (Å²) in [6, 6.07) is 18.1. The number of hydrogen-bond acceptors (Lipinski definition) is 4. The molecule has 8 heteroatoms. The van der Waals surface area contributed by atoms with Gasteiger partial charge in [-0.2, -0.15) is 0 Å². The van der Waals surface area contributed by atoms with Gasteiger partial charge >= 0.3 is 0 Å². The highest BCUT2D eigenvalue weighted by atomic mass is 19.2. The number of benzene rings is 3. The lowest BCUT2D eigenvalue weighted by atomic mass is 10.0. The number of hydrogen-bond donors (Lipinski definition) is 1. The Balaban J connectivity index is 1.39. The lowest BCUT2D eigenvalue weighted by Crippen LogP contribution is -2.14. The van der Waals surface area contributed by atoms with Crippen LogP contribution in [-0.4, -0.2) is 21.9 Å². The molecule has 6 nitrogen and oxygen atoms in total. The van der Waals surface area contributed by atoms with E-state index in [0.29, 0.717) is 33.5 Å². The number of halogens is 2. The first-order chi connectivity index (χ1) is 16.5. The van der Waals surface area contributed by atoms with Crippen molar-refractivity contribution in [1.29, 1.82) is 0 Å². The minimum Gasteiger partial charge on any atom is -0.496 e. The topological polar surface area (TPSA) is 69.1 Å². The van der Waals surface area contributed by atoms with Gasteiger partial charge in [0.25, 0.3) is 5.56 Å². The van der Waals surface area contributed by atoms with E-state index in [4.69, 9.17) is 9.47 Å². The van der Waals surface area contributed by atoms with E-state index in [1.165, 1.54) is 11.8 Å². The van der Waals surface area contributed by atoms with Crippen LogP contribution in [-0.2, 0) is 6.61 Å². The monoisotopic (exact) mass is 459 g/mol. The maximum Gasteiger partial charge on any atom is 0.279 e. The summed E-state index contributed by atoms with van der Waals surface area (Å²) in [7, 11) is 1.40. The van der Waals surface area contributed by atoms with E-state index in [1.54, 1.807) is 54.9 Å². The first kappa shape index (κ1) is 21.4. The van der Waals surface area contributed by atoms with Crippen LogP contribution in [0.2, 0.25) is 0 Å². The number of methoxy groups -OCH3 is 1. The van der Waals surface area contributed by atoms with Gasteiger partial charge in [0.15, 0.2) is 11.6 Å². The van der Waals surface area contributed by atoms with Crippen molar-refractivity contribution in [2.75, 3.05) is 7.11 Å². The van der Waals surface area contributed by atoms with Gasteiger partial charge in [0.1, 0.15) is 18.1 Å². The van der Waals surface area contributed by atoms with Crippen LogP contribution in [0.25, 0.3) is 27.7 Å². The molecule has 5 rings (SSSR count). The molecule has 0 spiro atoms. The molecule has 5 aromatic rings. The Morgan fingerprint density at radius 1 is 1.00 bits per heavy atom. The summed E-state index contributed by atoms with van der Waals surface area (Å²) in [5.41, 5.74) is 3.05. The van der Waals surface area contributed by atoms with Crippen molar-refractivity contribution in [3.63, 3.8) is 0 Å². The maximum atomic E-state index is 13.7. The molecule has 0 saturated carbocycles. The second-order valence-electron chi connectivity index (χ2n) is 7.58. The molecule has 2 heterocycles. The number of fused-ring (bicyclic) bond motifs is 1. The number of rotatable bonds is 6. The third-order valence-corrected chi connectivity index (χ3v) is 5.51. The normalized spacial score (nSPS) is 11.0. The van der Waals surface area contributed by atoms with Crippen molar-refractivity contribution < 1.29 is 18.3 Å². The van der Waals surface area contributed by atoms with Crippen molar-refractivity contribution in [2.45, 2.75) is 6.61 Å². The highest BCUT2D eigenvalue weighted by Crippen LogP contribution is 2.33. The number of para-hydroxylation sites is 1. The summed E-state index contributed by atoms with van der Waals surface area (Å²) < 4.78 is 39.8. The lowest BCUT2D eigenvalue weighted by Gasteiger charge is -2.11. The number of aromatic amines is 1. The zero-order valence-corrected chi connectivity index (χ0v) is 18.1. The van der Waals surface area contributed by atoms with Crippen LogP contribution in [0, 0.1) is 11.6 Å². The van der Waals surface area contributed by atoms with Crippen molar-refractivity contribution in [3.8, 4) is 28.3 Å². The average Bonchev–Trinajstić information content (AvgIpc) is 3.22. The molecule has 0 amide bonds. The molecule has 170 valence electrons. The molecule has 0 atom stereocenters. The Morgan fingerprint density at radius 3 is 2.53 bits per heavy atom. The molecule has 0 unspecified atom stereocenters. The number of nitrogens with one attached hydrogen (secondary N) is 1. The summed E-state index contributed by atoms with van der Waals surface area (Å²) in [6.45, 7) is 0.220. The van der Waals surface area contributed by atoms with Crippen LogP contribution < -0.4 is 15.0 Å². The predicted molar refractivity (Wildman–Crippen MR) is 124 cm³/mol. The third-order valence-electron chi connectivity index (χ3n) is 5.51. The minimum atomic E-state index is -0.967. The molecule has 0 aliphatic carbocycles. The molecule has 2 aromatic heterocycles. The van der Waals surface area contributed by atoms with Gasteiger partial charge in [0, 0.05) is 23.4 Å². The highest BCUT2D eigenvalue weighted by Gasteiger charge is 2.14. The van der Waals surface area contributed by atoms with E-state index in [-0.39, 0.29) is 17.9 Å². The standard InChI is InChI=1S/C26H19F2N3O3/c1-33-24-13-23(28)22(27)12-21(24)16-7-9-19(10-8-16)34-15-17-4-2-6-20-25(17)30-31(26(20)32)18-5-3-11-29-14-18/h2-14,30H,15H2,1H3. The second kappa shape index (κ2) is 8.82. The summed E-state index contributed by atoms with van der Waals surface area (Å²) in [5.74, 6) is -1.10. The van der Waals surface area contributed by atoms with E-state index in [2.05, 4.69) is 10.1 Å². The maximum absolute atomic E-state index is 13.7. The molecule has 0 bridgehead atoms. The molecule has 0 saturated heterocycles. The SMILES string of the molecule is COc1cc(F)c(F)cc1-c1ccc(OCc2cccc3c(=O)n(-c4cccnc4)[nH]c23)cc1. The summed E-state index contributed by atoms with van der Waals surface area (Å²) in [4.78, 5) is 16.9. The highest BCUT2D eigenvalue weighted by molar-refractivity contribution is 5.81. The van der Waals surface area contributed by atoms with Crippen molar-refractivity contribution in [1.82, 2.24) is 14.8 Å². The predicted octanol–water partition coefficient (Wildman–Crippen LogP) is 5.25. The zero-order chi connectivity index (χ0) is 23.7. The first-order valence-corrected chi connectivity index (χ1v) is 10.4. The molecule has 0 fully saturated rings. The summed E-state index contributed by atoms with van der Waals surface area (Å²) in [6.07, 6.45) is 3.25. The summed E-state index contributed by atoms with van der Waals surface area (Å²) >= 11 is 0. The Morgan fingerprint density at radius 2 is 1.79 bits per heavy atom. The first-order valence-electron chi connectivity index (χ1n) is 10.4. The largest absolute Gasteiger partial charge is 0.496 e. The number of H-pyrrole nitrogens is 1. The van der Waals surface area contributed by atoms with Crippen LogP contribution in [0.5, 0.6) is 11.5 Å². The van der Waals surface area contributed by atoms with Crippen LogP contribution in [0.15, 0.2) is 83.9 Å². The molecule has 0 aliphatic heterocycles. The fourth-order valence-corrected chi connectivity index (χ4v) is 3.80. The Kier molecular flexibility index (Phi) is 5.55.